The number of carbonyl (C=O) groups is 2. The number of carboxylic acids is 1. The van der Waals surface area contributed by atoms with E-state index >= 15 is 0 Å². The number of nitrogens with one attached hydrogen (secondary N) is 2. The molecule has 5 nitrogen and oxygen atoms in total. The molecule has 3 N–H and O–H groups in total. The van der Waals surface area contributed by atoms with Crippen molar-refractivity contribution in [3.63, 3.8) is 0 Å². The van der Waals surface area contributed by atoms with Gasteiger partial charge in [-0.25, -0.2) is 4.79 Å². The summed E-state index contributed by atoms with van der Waals surface area (Å²) in [6, 6.07) is 11.7. The number of halogens is 3. The van der Waals surface area contributed by atoms with Gasteiger partial charge >= 0.3 is 12.1 Å². The lowest BCUT2D eigenvalue weighted by atomic mass is 10.0. The molecule has 0 aliphatic heterocycles. The Labute approximate surface area is 173 Å². The van der Waals surface area contributed by atoms with Gasteiger partial charge in [-0.2, -0.15) is 13.2 Å². The van der Waals surface area contributed by atoms with Crippen LogP contribution in [0.3, 0.4) is 0 Å². The SMILES string of the molecule is Cc1cc(NC(=O)c2ccccc2C(F)(F)F)c(C(=N)c2ccc(C(=O)O)cc2)s1. The first-order valence-corrected chi connectivity index (χ1v) is 9.40. The van der Waals surface area contributed by atoms with Gasteiger partial charge < -0.3 is 10.4 Å². The third-order valence-corrected chi connectivity index (χ3v) is 5.30. The van der Waals surface area contributed by atoms with Crippen LogP contribution in [-0.4, -0.2) is 22.7 Å². The van der Waals surface area contributed by atoms with Gasteiger partial charge in [0.2, 0.25) is 0 Å². The quantitative estimate of drug-likeness (QED) is 0.469. The van der Waals surface area contributed by atoms with Crippen molar-refractivity contribution in [2.75, 3.05) is 5.32 Å². The predicted molar refractivity (Wildman–Crippen MR) is 108 cm³/mol. The van der Waals surface area contributed by atoms with Crippen molar-refractivity contribution in [1.29, 1.82) is 5.41 Å². The highest BCUT2D eigenvalue weighted by atomic mass is 32.1. The van der Waals surface area contributed by atoms with E-state index in [0.717, 1.165) is 17.0 Å². The van der Waals surface area contributed by atoms with Gasteiger partial charge in [-0.15, -0.1) is 11.3 Å². The first kappa shape index (κ1) is 21.3. The molecule has 0 saturated heterocycles. The molecule has 1 amide bonds. The molecular weight excluding hydrogens is 417 g/mol. The van der Waals surface area contributed by atoms with Crippen LogP contribution in [0.2, 0.25) is 0 Å². The first-order chi connectivity index (χ1) is 14.1. The van der Waals surface area contributed by atoms with Crippen LogP contribution < -0.4 is 5.32 Å². The number of carbonyl (C=O) groups excluding carboxylic acids is 1. The molecule has 1 aromatic heterocycles. The summed E-state index contributed by atoms with van der Waals surface area (Å²) in [5, 5.41) is 19.9. The average Bonchev–Trinajstić information content (AvgIpc) is 3.06. The van der Waals surface area contributed by atoms with Gasteiger partial charge in [0.05, 0.1) is 33.0 Å². The van der Waals surface area contributed by atoms with Crippen LogP contribution in [0.5, 0.6) is 0 Å². The van der Waals surface area contributed by atoms with Gasteiger partial charge in [-0.1, -0.05) is 24.3 Å². The van der Waals surface area contributed by atoms with Gasteiger partial charge in [0.25, 0.3) is 5.91 Å². The fraction of sp³-hybridized carbons (Fsp3) is 0.0952. The number of aryl methyl sites for hydroxylation is 1. The fourth-order valence-corrected chi connectivity index (χ4v) is 3.76. The van der Waals surface area contributed by atoms with Crippen LogP contribution >= 0.6 is 11.3 Å². The van der Waals surface area contributed by atoms with Gasteiger partial charge in [0, 0.05) is 10.4 Å². The molecular formula is C21H15F3N2O3S. The van der Waals surface area contributed by atoms with E-state index in [4.69, 9.17) is 10.5 Å². The standard InChI is InChI=1S/C21H15F3N2O3S/c1-11-10-16(26-19(27)14-4-2-3-5-15(14)21(22,23)24)18(30-11)17(25)12-6-8-13(9-7-12)20(28)29/h2-10,25H,1H3,(H,26,27)(H,28,29). The van der Waals surface area contributed by atoms with E-state index in [1.165, 1.54) is 47.7 Å². The lowest BCUT2D eigenvalue weighted by Crippen LogP contribution is -2.19. The second kappa shape index (κ2) is 8.11. The minimum absolute atomic E-state index is 0.0180. The molecule has 3 aromatic rings. The smallest absolute Gasteiger partial charge is 0.417 e. The summed E-state index contributed by atoms with van der Waals surface area (Å²) in [5.74, 6) is -2.03. The Morgan fingerprint density at radius 3 is 2.23 bits per heavy atom. The molecule has 0 aliphatic rings. The lowest BCUT2D eigenvalue weighted by molar-refractivity contribution is -0.137. The Bertz CT molecular complexity index is 1140. The second-order valence-corrected chi connectivity index (χ2v) is 7.61. The van der Waals surface area contributed by atoms with Crippen molar-refractivity contribution in [3.8, 4) is 0 Å². The molecule has 9 heteroatoms. The minimum atomic E-state index is -4.68. The molecule has 0 aliphatic carbocycles. The van der Waals surface area contributed by atoms with Crippen molar-refractivity contribution >= 4 is 34.6 Å². The minimum Gasteiger partial charge on any atom is -0.478 e. The molecule has 154 valence electrons. The van der Waals surface area contributed by atoms with E-state index < -0.39 is 29.2 Å². The third-order valence-electron chi connectivity index (χ3n) is 4.23. The molecule has 1 heterocycles. The highest BCUT2D eigenvalue weighted by molar-refractivity contribution is 7.14. The molecule has 0 radical (unpaired) electrons. The van der Waals surface area contributed by atoms with Crippen LogP contribution in [0.1, 0.15) is 41.6 Å². The number of amides is 1. The van der Waals surface area contributed by atoms with Crippen LogP contribution in [0.4, 0.5) is 18.9 Å². The summed E-state index contributed by atoms with van der Waals surface area (Å²) >= 11 is 1.20. The monoisotopic (exact) mass is 432 g/mol. The van der Waals surface area contributed by atoms with Gasteiger partial charge in [-0.05, 0) is 37.3 Å². The number of hydrogen-bond acceptors (Lipinski definition) is 4. The van der Waals surface area contributed by atoms with Crippen molar-refractivity contribution in [3.05, 3.63) is 86.6 Å². The number of aromatic carboxylic acids is 1. The Morgan fingerprint density at radius 2 is 1.63 bits per heavy atom. The van der Waals surface area contributed by atoms with Crippen LogP contribution in [0.25, 0.3) is 0 Å². The predicted octanol–water partition coefficient (Wildman–Crippen LogP) is 5.44. The number of anilines is 1. The van der Waals surface area contributed by atoms with E-state index in [1.54, 1.807) is 13.0 Å². The molecule has 0 atom stereocenters. The van der Waals surface area contributed by atoms with Crippen molar-refractivity contribution in [1.82, 2.24) is 0 Å². The van der Waals surface area contributed by atoms with Crippen LogP contribution in [0.15, 0.2) is 54.6 Å². The lowest BCUT2D eigenvalue weighted by Gasteiger charge is -2.13. The number of benzene rings is 2. The maximum absolute atomic E-state index is 13.2. The zero-order valence-corrected chi connectivity index (χ0v) is 16.3. The molecule has 2 aromatic carbocycles. The van der Waals surface area contributed by atoms with Gasteiger partial charge in [-0.3, -0.25) is 10.2 Å². The van der Waals surface area contributed by atoms with E-state index in [0.29, 0.717) is 10.4 Å². The normalized spacial score (nSPS) is 11.2. The summed E-state index contributed by atoms with van der Waals surface area (Å²) in [4.78, 5) is 24.7. The van der Waals surface area contributed by atoms with Gasteiger partial charge in [0.1, 0.15) is 0 Å². The Balaban J connectivity index is 1.92. The van der Waals surface area contributed by atoms with E-state index in [1.807, 2.05) is 0 Å². The first-order valence-electron chi connectivity index (χ1n) is 8.58. The molecule has 0 bridgehead atoms. The molecule has 30 heavy (non-hydrogen) atoms. The number of hydrogen-bond donors (Lipinski definition) is 3. The highest BCUT2D eigenvalue weighted by Crippen LogP contribution is 2.34. The molecule has 3 rings (SSSR count). The van der Waals surface area contributed by atoms with Crippen molar-refractivity contribution in [2.24, 2.45) is 0 Å². The third kappa shape index (κ3) is 4.41. The topological polar surface area (TPSA) is 90.3 Å². The molecule has 0 fully saturated rings. The summed E-state index contributed by atoms with van der Waals surface area (Å²) < 4.78 is 39.6. The maximum atomic E-state index is 13.2. The molecule has 0 unspecified atom stereocenters. The van der Waals surface area contributed by atoms with Crippen molar-refractivity contribution in [2.45, 2.75) is 13.1 Å². The second-order valence-electron chi connectivity index (χ2n) is 6.35. The highest BCUT2D eigenvalue weighted by Gasteiger charge is 2.35. The number of rotatable bonds is 5. The Morgan fingerprint density at radius 1 is 1.03 bits per heavy atom. The van der Waals surface area contributed by atoms with E-state index in [9.17, 15) is 22.8 Å². The largest absolute Gasteiger partial charge is 0.478 e. The molecule has 0 saturated carbocycles. The maximum Gasteiger partial charge on any atom is 0.417 e. The molecule has 0 spiro atoms. The Kier molecular flexibility index (Phi) is 5.75. The van der Waals surface area contributed by atoms with Gasteiger partial charge in [0.15, 0.2) is 0 Å². The van der Waals surface area contributed by atoms with Crippen molar-refractivity contribution < 1.29 is 27.9 Å². The van der Waals surface area contributed by atoms with E-state index in [2.05, 4.69) is 5.32 Å². The summed E-state index contributed by atoms with van der Waals surface area (Å²) in [5.41, 5.74) is -0.858. The zero-order valence-electron chi connectivity index (χ0n) is 15.5. The number of alkyl halides is 3. The Hall–Kier alpha value is -3.46. The van der Waals surface area contributed by atoms with Crippen LogP contribution in [0, 0.1) is 12.3 Å². The summed E-state index contributed by atoms with van der Waals surface area (Å²) in [6.07, 6.45) is -4.68. The average molecular weight is 432 g/mol. The zero-order chi connectivity index (χ0) is 22.1. The number of thiophene rings is 1. The van der Waals surface area contributed by atoms with Crippen LogP contribution in [-0.2, 0) is 6.18 Å². The summed E-state index contributed by atoms with van der Waals surface area (Å²) in [7, 11) is 0. The summed E-state index contributed by atoms with van der Waals surface area (Å²) in [6.45, 7) is 1.74. The van der Waals surface area contributed by atoms with E-state index in [-0.39, 0.29) is 17.0 Å². The number of carboxylic acid groups (broad SMARTS) is 1. The fourth-order valence-electron chi connectivity index (χ4n) is 2.82.